The lowest BCUT2D eigenvalue weighted by molar-refractivity contribution is 0.174. The Balaban J connectivity index is 1.71. The molecule has 1 aromatic carbocycles. The highest BCUT2D eigenvalue weighted by molar-refractivity contribution is 5.45. The quantitative estimate of drug-likeness (QED) is 0.692. The summed E-state index contributed by atoms with van der Waals surface area (Å²) >= 11 is 0. The Bertz CT molecular complexity index is 753. The summed E-state index contributed by atoms with van der Waals surface area (Å²) in [6, 6.07) is 9.59. The van der Waals surface area contributed by atoms with Crippen LogP contribution in [0.4, 0.5) is 0 Å². The molecule has 0 saturated carbocycles. The molecule has 0 bridgehead atoms. The van der Waals surface area contributed by atoms with Gasteiger partial charge in [-0.3, -0.25) is 0 Å². The predicted molar refractivity (Wildman–Crippen MR) is 66.2 cm³/mol. The summed E-state index contributed by atoms with van der Waals surface area (Å²) in [4.78, 5) is 0. The van der Waals surface area contributed by atoms with E-state index in [1.165, 1.54) is 0 Å². The van der Waals surface area contributed by atoms with Crippen LogP contribution in [0.15, 0.2) is 36.5 Å². The van der Waals surface area contributed by atoms with E-state index in [1.54, 1.807) is 10.7 Å². The first-order valence-electron chi connectivity index (χ1n) is 5.94. The van der Waals surface area contributed by atoms with Gasteiger partial charge in [0.15, 0.2) is 23.0 Å². The number of rotatable bonds is 2. The fraction of sp³-hybridized carbons (Fsp3) is 0.154. The van der Waals surface area contributed by atoms with Crippen molar-refractivity contribution >= 4 is 5.65 Å². The van der Waals surface area contributed by atoms with Gasteiger partial charge in [0.1, 0.15) is 0 Å². The van der Waals surface area contributed by atoms with E-state index in [-0.39, 0.29) is 6.79 Å². The third-order valence-electron chi connectivity index (χ3n) is 3.04. The van der Waals surface area contributed by atoms with Crippen LogP contribution in [0, 0.1) is 0 Å². The van der Waals surface area contributed by atoms with Gasteiger partial charge in [-0.25, -0.2) is 0 Å². The maximum absolute atomic E-state index is 5.37. The summed E-state index contributed by atoms with van der Waals surface area (Å²) in [5.74, 6) is 2.36. The zero-order valence-electron chi connectivity index (χ0n) is 9.98. The van der Waals surface area contributed by atoms with E-state index in [4.69, 9.17) is 9.47 Å². The minimum absolute atomic E-state index is 0.286. The van der Waals surface area contributed by atoms with Gasteiger partial charge in [-0.1, -0.05) is 6.07 Å². The Labute approximate surface area is 108 Å². The second kappa shape index (κ2) is 3.94. The van der Waals surface area contributed by atoms with E-state index in [2.05, 4.69) is 15.3 Å². The molecule has 4 rings (SSSR count). The van der Waals surface area contributed by atoms with Crippen LogP contribution in [-0.4, -0.2) is 26.6 Å². The van der Waals surface area contributed by atoms with Crippen LogP contribution in [0.25, 0.3) is 5.65 Å². The molecule has 19 heavy (non-hydrogen) atoms. The Morgan fingerprint density at radius 1 is 1.11 bits per heavy atom. The number of nitrogens with zero attached hydrogens (tertiary/aromatic N) is 4. The lowest BCUT2D eigenvalue weighted by atomic mass is 10.1. The van der Waals surface area contributed by atoms with Crippen LogP contribution < -0.4 is 9.47 Å². The third kappa shape index (κ3) is 1.69. The summed E-state index contributed by atoms with van der Waals surface area (Å²) in [7, 11) is 0. The van der Waals surface area contributed by atoms with Crippen molar-refractivity contribution in [3.63, 3.8) is 0 Å². The van der Waals surface area contributed by atoms with Gasteiger partial charge in [0.2, 0.25) is 6.79 Å². The summed E-state index contributed by atoms with van der Waals surface area (Å²) in [5.41, 5.74) is 1.84. The van der Waals surface area contributed by atoms with Crippen molar-refractivity contribution in [3.8, 4) is 11.5 Å². The highest BCUT2D eigenvalue weighted by Gasteiger charge is 2.14. The minimum Gasteiger partial charge on any atom is -0.454 e. The second-order valence-electron chi connectivity index (χ2n) is 4.27. The maximum atomic E-state index is 5.37. The van der Waals surface area contributed by atoms with Crippen LogP contribution in [0.3, 0.4) is 0 Å². The molecule has 0 spiro atoms. The number of hydrogen-bond donors (Lipinski definition) is 0. The topological polar surface area (TPSA) is 61.5 Å². The van der Waals surface area contributed by atoms with Gasteiger partial charge in [0.25, 0.3) is 0 Å². The SMILES string of the molecule is c1cnn2c(Cc3ccc4c(c3)OCO4)nnc2c1. The summed E-state index contributed by atoms with van der Waals surface area (Å²) in [5, 5.41) is 12.5. The molecule has 0 atom stereocenters. The van der Waals surface area contributed by atoms with Gasteiger partial charge in [0, 0.05) is 12.6 Å². The number of benzene rings is 1. The minimum atomic E-state index is 0.286. The summed E-state index contributed by atoms with van der Waals surface area (Å²) in [6.07, 6.45) is 2.37. The van der Waals surface area contributed by atoms with Gasteiger partial charge < -0.3 is 9.47 Å². The van der Waals surface area contributed by atoms with Crippen molar-refractivity contribution in [2.24, 2.45) is 0 Å². The van der Waals surface area contributed by atoms with E-state index in [0.717, 1.165) is 28.5 Å². The van der Waals surface area contributed by atoms with Crippen molar-refractivity contribution < 1.29 is 9.47 Å². The molecule has 94 valence electrons. The van der Waals surface area contributed by atoms with Crippen molar-refractivity contribution in [3.05, 3.63) is 47.9 Å². The number of fused-ring (bicyclic) bond motifs is 2. The fourth-order valence-electron chi connectivity index (χ4n) is 2.13. The van der Waals surface area contributed by atoms with Crippen molar-refractivity contribution in [1.29, 1.82) is 0 Å². The van der Waals surface area contributed by atoms with Crippen molar-refractivity contribution in [2.75, 3.05) is 6.79 Å². The molecule has 1 aliphatic rings. The largest absolute Gasteiger partial charge is 0.454 e. The smallest absolute Gasteiger partial charge is 0.231 e. The Kier molecular flexibility index (Phi) is 2.14. The molecule has 0 fully saturated rings. The van der Waals surface area contributed by atoms with Crippen LogP contribution >= 0.6 is 0 Å². The van der Waals surface area contributed by atoms with Crippen molar-refractivity contribution in [1.82, 2.24) is 19.8 Å². The van der Waals surface area contributed by atoms with E-state index in [0.29, 0.717) is 6.42 Å². The molecule has 0 radical (unpaired) electrons. The van der Waals surface area contributed by atoms with E-state index in [1.807, 2.05) is 30.3 Å². The maximum Gasteiger partial charge on any atom is 0.231 e. The predicted octanol–water partition coefficient (Wildman–Crippen LogP) is 1.44. The van der Waals surface area contributed by atoms with Gasteiger partial charge in [0.05, 0.1) is 0 Å². The van der Waals surface area contributed by atoms with Gasteiger partial charge >= 0.3 is 0 Å². The molecular weight excluding hydrogens is 244 g/mol. The number of hydrogen-bond acceptors (Lipinski definition) is 5. The van der Waals surface area contributed by atoms with Gasteiger partial charge in [-0.05, 0) is 29.8 Å². The van der Waals surface area contributed by atoms with Crippen LogP contribution in [0.1, 0.15) is 11.4 Å². The highest BCUT2D eigenvalue weighted by atomic mass is 16.7. The Morgan fingerprint density at radius 3 is 3.05 bits per heavy atom. The molecule has 3 aromatic rings. The van der Waals surface area contributed by atoms with Crippen molar-refractivity contribution in [2.45, 2.75) is 6.42 Å². The number of ether oxygens (including phenoxy) is 2. The molecule has 0 saturated heterocycles. The van der Waals surface area contributed by atoms with Crippen LogP contribution in [0.2, 0.25) is 0 Å². The molecule has 3 heterocycles. The molecule has 6 nitrogen and oxygen atoms in total. The van der Waals surface area contributed by atoms with Gasteiger partial charge in [-0.15, -0.1) is 10.2 Å². The van der Waals surface area contributed by atoms with Gasteiger partial charge in [-0.2, -0.15) is 9.61 Å². The third-order valence-corrected chi connectivity index (χ3v) is 3.04. The monoisotopic (exact) mass is 254 g/mol. The molecular formula is C13H10N4O2. The zero-order chi connectivity index (χ0) is 12.7. The lowest BCUT2D eigenvalue weighted by Crippen LogP contribution is -1.99. The van der Waals surface area contributed by atoms with E-state index in [9.17, 15) is 0 Å². The molecule has 0 unspecified atom stereocenters. The Hall–Kier alpha value is -2.63. The molecule has 1 aliphatic heterocycles. The van der Waals surface area contributed by atoms with Crippen LogP contribution in [-0.2, 0) is 6.42 Å². The van der Waals surface area contributed by atoms with E-state index < -0.39 is 0 Å². The summed E-state index contributed by atoms with van der Waals surface area (Å²) in [6.45, 7) is 0.286. The normalized spacial score (nSPS) is 13.1. The molecule has 0 amide bonds. The first-order chi connectivity index (χ1) is 9.40. The molecule has 0 aliphatic carbocycles. The molecule has 2 aromatic heterocycles. The molecule has 6 heteroatoms. The van der Waals surface area contributed by atoms with E-state index >= 15 is 0 Å². The van der Waals surface area contributed by atoms with Crippen LogP contribution in [0.5, 0.6) is 11.5 Å². The highest BCUT2D eigenvalue weighted by Crippen LogP contribution is 2.32. The Morgan fingerprint density at radius 2 is 2.05 bits per heavy atom. The first kappa shape index (κ1) is 10.3. The fourth-order valence-corrected chi connectivity index (χ4v) is 2.13. The lowest BCUT2D eigenvalue weighted by Gasteiger charge is -2.01. The first-order valence-corrected chi connectivity index (χ1v) is 5.94. The standard InChI is InChI=1S/C13H10N4O2/c1-2-12-15-16-13(17(12)14-5-1)7-9-3-4-10-11(6-9)19-8-18-10/h1-6H,7-8H2. The number of aromatic nitrogens is 4. The second-order valence-corrected chi connectivity index (χ2v) is 4.27. The zero-order valence-corrected chi connectivity index (χ0v) is 9.98. The summed E-state index contributed by atoms with van der Waals surface area (Å²) < 4.78 is 12.4. The molecule has 0 N–H and O–H groups in total. The average Bonchev–Trinajstić information content (AvgIpc) is 3.06. The average molecular weight is 254 g/mol.